The second kappa shape index (κ2) is 4.65. The van der Waals surface area contributed by atoms with Gasteiger partial charge in [-0.25, -0.2) is 0 Å². The first kappa shape index (κ1) is 13.3. The number of aliphatic hydroxyl groups is 4. The molecule has 0 saturated carbocycles. The van der Waals surface area contributed by atoms with Gasteiger partial charge in [-0.1, -0.05) is 13.3 Å². The van der Waals surface area contributed by atoms with E-state index in [2.05, 4.69) is 15.9 Å². The lowest BCUT2D eigenvalue weighted by atomic mass is 10.0. The molecule has 6 heteroatoms. The highest BCUT2D eigenvalue weighted by molar-refractivity contribution is 9.10. The molecule has 0 aliphatic carbocycles. The highest BCUT2D eigenvalue weighted by Crippen LogP contribution is 2.43. The van der Waals surface area contributed by atoms with Crippen molar-refractivity contribution in [2.45, 2.75) is 48.7 Å². The number of hydrogen-bond acceptors (Lipinski definition) is 5. The first-order valence-electron chi connectivity index (χ1n) is 4.98. The fourth-order valence-corrected chi connectivity index (χ4v) is 2.18. The molecule has 1 fully saturated rings. The van der Waals surface area contributed by atoms with E-state index in [1.807, 2.05) is 6.92 Å². The van der Waals surface area contributed by atoms with E-state index < -0.39 is 29.1 Å². The van der Waals surface area contributed by atoms with E-state index in [4.69, 9.17) is 9.84 Å². The van der Waals surface area contributed by atoms with Crippen LogP contribution < -0.4 is 0 Å². The maximum atomic E-state index is 9.95. The zero-order valence-electron chi connectivity index (χ0n) is 8.56. The summed E-state index contributed by atoms with van der Waals surface area (Å²) in [5.41, 5.74) is 0. The Labute approximate surface area is 96.8 Å². The van der Waals surface area contributed by atoms with Crippen molar-refractivity contribution in [2.24, 2.45) is 0 Å². The van der Waals surface area contributed by atoms with Crippen LogP contribution in [-0.2, 0) is 4.74 Å². The van der Waals surface area contributed by atoms with Crippen molar-refractivity contribution in [1.29, 1.82) is 0 Å². The van der Waals surface area contributed by atoms with Crippen LogP contribution in [0.3, 0.4) is 0 Å². The molecule has 15 heavy (non-hydrogen) atoms. The fraction of sp³-hybridized carbons (Fsp3) is 1.00. The number of rotatable bonds is 4. The molecule has 90 valence electrons. The van der Waals surface area contributed by atoms with Crippen LogP contribution in [0.5, 0.6) is 0 Å². The predicted octanol–water partition coefficient (Wildman–Crippen LogP) is -0.299. The molecule has 0 spiro atoms. The Morgan fingerprint density at radius 3 is 2.33 bits per heavy atom. The lowest BCUT2D eigenvalue weighted by molar-refractivity contribution is -0.239. The molecule has 0 aromatic carbocycles. The Bertz CT molecular complexity index is 227. The Kier molecular flexibility index (Phi) is 4.13. The topological polar surface area (TPSA) is 90.2 Å². The van der Waals surface area contributed by atoms with Crippen LogP contribution in [0.4, 0.5) is 0 Å². The average Bonchev–Trinajstić information content (AvgIpc) is 2.39. The number of alkyl halides is 1. The van der Waals surface area contributed by atoms with Crippen LogP contribution in [0, 0.1) is 0 Å². The summed E-state index contributed by atoms with van der Waals surface area (Å²) < 4.78 is 3.66. The molecule has 1 aliphatic rings. The summed E-state index contributed by atoms with van der Waals surface area (Å²) in [6, 6.07) is 0. The summed E-state index contributed by atoms with van der Waals surface area (Å²) in [6.45, 7) is 1.41. The van der Waals surface area contributed by atoms with Gasteiger partial charge in [0.2, 0.25) is 0 Å². The molecule has 1 aliphatic heterocycles. The molecule has 1 saturated heterocycles. The third-order valence-corrected chi connectivity index (χ3v) is 3.54. The summed E-state index contributed by atoms with van der Waals surface area (Å²) in [5, 5.41) is 38.2. The van der Waals surface area contributed by atoms with E-state index in [0.717, 1.165) is 6.42 Å². The minimum atomic E-state index is -1.79. The van der Waals surface area contributed by atoms with Gasteiger partial charge in [-0.05, 0) is 22.4 Å². The number of aliphatic hydroxyl groups excluding tert-OH is 3. The normalized spacial score (nSPS) is 46.0. The van der Waals surface area contributed by atoms with E-state index in [-0.39, 0.29) is 6.42 Å². The smallest absolute Gasteiger partial charge is 0.196 e. The fourth-order valence-electron chi connectivity index (χ4n) is 1.65. The van der Waals surface area contributed by atoms with Crippen LogP contribution in [-0.4, -0.2) is 49.5 Å². The van der Waals surface area contributed by atoms with Crippen molar-refractivity contribution in [3.63, 3.8) is 0 Å². The lowest BCUT2D eigenvalue weighted by Crippen LogP contribution is -2.43. The van der Waals surface area contributed by atoms with Crippen LogP contribution >= 0.6 is 15.9 Å². The summed E-state index contributed by atoms with van der Waals surface area (Å²) >= 11 is 2.98. The molecule has 1 rings (SSSR count). The Hall–Kier alpha value is 0.280. The molecular weight excluding hydrogens is 268 g/mol. The van der Waals surface area contributed by atoms with Gasteiger partial charge in [0.15, 0.2) is 10.3 Å². The van der Waals surface area contributed by atoms with E-state index in [1.54, 1.807) is 0 Å². The van der Waals surface area contributed by atoms with Gasteiger partial charge in [0.1, 0.15) is 12.2 Å². The van der Waals surface area contributed by atoms with Crippen LogP contribution in [0.15, 0.2) is 0 Å². The molecule has 0 amide bonds. The minimum absolute atomic E-state index is 0.217. The van der Waals surface area contributed by atoms with Crippen LogP contribution in [0.25, 0.3) is 0 Å². The van der Waals surface area contributed by atoms with Gasteiger partial charge < -0.3 is 25.2 Å². The van der Waals surface area contributed by atoms with Gasteiger partial charge in [0.25, 0.3) is 0 Å². The SMILES string of the molecule is CCCCC1(O)O[C@](Br)(CO)[C@@H](O)[C@H]1O. The zero-order valence-corrected chi connectivity index (χ0v) is 10.1. The van der Waals surface area contributed by atoms with Gasteiger partial charge in [-0.2, -0.15) is 0 Å². The van der Waals surface area contributed by atoms with Gasteiger partial charge in [0, 0.05) is 6.42 Å². The predicted molar refractivity (Wildman–Crippen MR) is 56.3 cm³/mol. The number of hydrogen-bond donors (Lipinski definition) is 4. The van der Waals surface area contributed by atoms with Crippen molar-refractivity contribution >= 4 is 15.9 Å². The number of unbranched alkanes of at least 4 members (excludes halogenated alkanes) is 1. The second-order valence-electron chi connectivity index (χ2n) is 3.88. The van der Waals surface area contributed by atoms with Crippen molar-refractivity contribution < 1.29 is 25.2 Å². The van der Waals surface area contributed by atoms with Crippen molar-refractivity contribution in [3.05, 3.63) is 0 Å². The molecule has 4 N–H and O–H groups in total. The monoisotopic (exact) mass is 284 g/mol. The number of ether oxygens (including phenoxy) is 1. The maximum Gasteiger partial charge on any atom is 0.196 e. The maximum absolute atomic E-state index is 9.95. The minimum Gasteiger partial charge on any atom is -0.392 e. The van der Waals surface area contributed by atoms with E-state index >= 15 is 0 Å². The second-order valence-corrected chi connectivity index (χ2v) is 5.23. The third-order valence-electron chi connectivity index (χ3n) is 2.65. The summed E-state index contributed by atoms with van der Waals surface area (Å²) in [7, 11) is 0. The highest BCUT2D eigenvalue weighted by Gasteiger charge is 2.60. The summed E-state index contributed by atoms with van der Waals surface area (Å²) in [4.78, 5) is 0. The molecular formula is C9H17BrO5. The largest absolute Gasteiger partial charge is 0.392 e. The molecule has 5 nitrogen and oxygen atoms in total. The van der Waals surface area contributed by atoms with E-state index in [9.17, 15) is 15.3 Å². The Morgan fingerprint density at radius 1 is 1.33 bits per heavy atom. The molecule has 0 radical (unpaired) electrons. The molecule has 1 unspecified atom stereocenters. The quantitative estimate of drug-likeness (QED) is 0.533. The molecule has 1 heterocycles. The Morgan fingerprint density at radius 2 is 1.93 bits per heavy atom. The van der Waals surface area contributed by atoms with E-state index in [0.29, 0.717) is 6.42 Å². The zero-order chi connectivity index (χ0) is 11.7. The standard InChI is InChI=1S/C9H17BrO5/c1-2-3-4-9(14)7(13)6(12)8(10,5-11)15-9/h6-7,11-14H,2-5H2,1H3/t6-,7+,8+,9?/m0/s1. The van der Waals surface area contributed by atoms with Crippen molar-refractivity contribution in [3.8, 4) is 0 Å². The Balaban J connectivity index is 2.77. The van der Waals surface area contributed by atoms with Gasteiger partial charge >= 0.3 is 0 Å². The van der Waals surface area contributed by atoms with Gasteiger partial charge in [-0.3, -0.25) is 0 Å². The summed E-state index contributed by atoms with van der Waals surface area (Å²) in [5.74, 6) is -1.79. The first-order chi connectivity index (χ1) is 6.89. The van der Waals surface area contributed by atoms with E-state index in [1.165, 1.54) is 0 Å². The van der Waals surface area contributed by atoms with Crippen molar-refractivity contribution in [2.75, 3.05) is 6.61 Å². The highest BCUT2D eigenvalue weighted by atomic mass is 79.9. The van der Waals surface area contributed by atoms with Crippen LogP contribution in [0.2, 0.25) is 0 Å². The van der Waals surface area contributed by atoms with Gasteiger partial charge in [-0.15, -0.1) is 0 Å². The summed E-state index contributed by atoms with van der Waals surface area (Å²) in [6.07, 6.45) is -1.06. The average molecular weight is 285 g/mol. The first-order valence-corrected chi connectivity index (χ1v) is 5.77. The lowest BCUT2D eigenvalue weighted by Gasteiger charge is -2.27. The molecule has 0 aromatic rings. The van der Waals surface area contributed by atoms with Crippen molar-refractivity contribution in [1.82, 2.24) is 0 Å². The molecule has 0 aromatic heterocycles. The molecule has 0 bridgehead atoms. The molecule has 4 atom stereocenters. The number of halogens is 1. The van der Waals surface area contributed by atoms with Crippen LogP contribution in [0.1, 0.15) is 26.2 Å². The van der Waals surface area contributed by atoms with Gasteiger partial charge in [0.05, 0.1) is 6.61 Å². The third kappa shape index (κ3) is 2.35.